The molecule has 0 aromatic carbocycles. The van der Waals surface area contributed by atoms with Crippen LogP contribution in [0, 0.1) is 46.3 Å². The van der Waals surface area contributed by atoms with Crippen molar-refractivity contribution in [3.63, 3.8) is 0 Å². The molecule has 4 aliphatic rings. The Morgan fingerprint density at radius 1 is 1.00 bits per heavy atom. The summed E-state index contributed by atoms with van der Waals surface area (Å²) in [6, 6.07) is 0. The van der Waals surface area contributed by atoms with Gasteiger partial charge in [0.2, 0.25) is 0 Å². The van der Waals surface area contributed by atoms with Crippen molar-refractivity contribution in [1.82, 2.24) is 0 Å². The van der Waals surface area contributed by atoms with Crippen LogP contribution in [-0.4, -0.2) is 28.4 Å². The molecule has 4 saturated carbocycles. The molecule has 0 spiro atoms. The molecule has 4 aliphatic carbocycles. The van der Waals surface area contributed by atoms with Gasteiger partial charge in [0.15, 0.2) is 0 Å². The number of aliphatic carboxylic acids is 1. The number of hydrogen-bond acceptors (Lipinski definition) is 4. The average molecular weight is 431 g/mol. The van der Waals surface area contributed by atoms with E-state index in [2.05, 4.69) is 20.8 Å². The van der Waals surface area contributed by atoms with Gasteiger partial charge in [0.05, 0.1) is 12.2 Å². The van der Waals surface area contributed by atoms with E-state index in [-0.39, 0.29) is 86.8 Å². The van der Waals surface area contributed by atoms with E-state index in [4.69, 9.17) is 0 Å². The van der Waals surface area contributed by atoms with E-state index in [1.807, 2.05) is 0 Å². The zero-order valence-corrected chi connectivity index (χ0v) is 22.0. The predicted octanol–water partition coefficient (Wildman–Crippen LogP) is 0.147. The van der Waals surface area contributed by atoms with E-state index in [9.17, 15) is 20.1 Å². The number of carboxylic acids is 1. The van der Waals surface area contributed by atoms with Crippen LogP contribution in [0.25, 0.3) is 0 Å². The summed E-state index contributed by atoms with van der Waals surface area (Å²) in [6.07, 6.45) is 8.88. The molecule has 0 aromatic heterocycles. The maximum absolute atomic E-state index is 11.1. The van der Waals surface area contributed by atoms with Crippen molar-refractivity contribution in [1.29, 1.82) is 0 Å². The van der Waals surface area contributed by atoms with Gasteiger partial charge in [-0.3, -0.25) is 0 Å². The molecule has 5 heteroatoms. The van der Waals surface area contributed by atoms with Gasteiger partial charge in [-0.15, -0.1) is 0 Å². The van der Waals surface area contributed by atoms with Gasteiger partial charge >= 0.3 is 51.4 Å². The van der Waals surface area contributed by atoms with E-state index < -0.39 is 5.97 Å². The quantitative estimate of drug-likeness (QED) is 0.622. The van der Waals surface area contributed by atoms with Crippen molar-refractivity contribution in [3.05, 3.63) is 0 Å². The zero-order chi connectivity index (χ0) is 20.3. The van der Waals surface area contributed by atoms with Crippen LogP contribution in [0.2, 0.25) is 0 Å². The van der Waals surface area contributed by atoms with Crippen LogP contribution in [0.4, 0.5) is 0 Å². The second-order valence-electron chi connectivity index (χ2n) is 11.3. The molecule has 2 N–H and O–H groups in total. The second-order valence-corrected chi connectivity index (χ2v) is 11.3. The number of hydrogen-bond donors (Lipinski definition) is 2. The number of carbonyl (C=O) groups is 1. The van der Waals surface area contributed by atoms with E-state index >= 15 is 0 Å². The van der Waals surface area contributed by atoms with Gasteiger partial charge in [0.1, 0.15) is 0 Å². The number of aliphatic hydroxyl groups is 2. The molecule has 0 radical (unpaired) electrons. The molecule has 0 bridgehead atoms. The molecule has 0 aliphatic heterocycles. The van der Waals surface area contributed by atoms with Crippen LogP contribution >= 0.6 is 0 Å². The predicted molar refractivity (Wildman–Crippen MR) is 106 cm³/mol. The summed E-state index contributed by atoms with van der Waals surface area (Å²) < 4.78 is 0. The summed E-state index contributed by atoms with van der Waals surface area (Å²) in [7, 11) is 0. The topological polar surface area (TPSA) is 80.6 Å². The average Bonchev–Trinajstić information content (AvgIpc) is 2.99. The van der Waals surface area contributed by atoms with Crippen LogP contribution in [0.3, 0.4) is 0 Å². The van der Waals surface area contributed by atoms with Crippen molar-refractivity contribution in [2.24, 2.45) is 46.3 Å². The summed E-state index contributed by atoms with van der Waals surface area (Å²) in [6.45, 7) is 7.11. The van der Waals surface area contributed by atoms with Crippen molar-refractivity contribution < 1.29 is 71.5 Å². The van der Waals surface area contributed by atoms with Crippen LogP contribution < -0.4 is 56.5 Å². The smallest absolute Gasteiger partial charge is 0.550 e. The fourth-order valence-corrected chi connectivity index (χ4v) is 8.80. The molecule has 4 nitrogen and oxygen atoms in total. The van der Waals surface area contributed by atoms with Crippen molar-refractivity contribution in [2.75, 3.05) is 0 Å². The van der Waals surface area contributed by atoms with Crippen LogP contribution in [0.1, 0.15) is 85.0 Å². The van der Waals surface area contributed by atoms with Crippen LogP contribution in [0.15, 0.2) is 0 Å². The van der Waals surface area contributed by atoms with Gasteiger partial charge in [-0.2, -0.15) is 0 Å². The van der Waals surface area contributed by atoms with E-state index in [1.165, 1.54) is 25.7 Å². The Hall–Kier alpha value is 1.03. The molecule has 0 saturated heterocycles. The summed E-state index contributed by atoms with van der Waals surface area (Å²) in [5.41, 5.74) is 0.450. The first kappa shape index (κ1) is 24.7. The first-order valence-corrected chi connectivity index (χ1v) is 11.7. The maximum Gasteiger partial charge on any atom is 1.00 e. The van der Waals surface area contributed by atoms with E-state index in [0.717, 1.165) is 32.1 Å². The van der Waals surface area contributed by atoms with E-state index in [1.54, 1.807) is 0 Å². The van der Waals surface area contributed by atoms with Gasteiger partial charge in [0, 0.05) is 5.97 Å². The summed E-state index contributed by atoms with van der Waals surface area (Å²) in [4.78, 5) is 10.9. The third-order valence-electron chi connectivity index (χ3n) is 10.2. The number of carbonyl (C=O) groups excluding carboxylic acids is 1. The van der Waals surface area contributed by atoms with Crippen LogP contribution in [-0.2, 0) is 4.79 Å². The minimum atomic E-state index is -0.927. The van der Waals surface area contributed by atoms with Crippen molar-refractivity contribution >= 4 is 5.97 Å². The zero-order valence-electron chi connectivity index (χ0n) is 18.9. The second kappa shape index (κ2) is 9.11. The fraction of sp³-hybridized carbons (Fsp3) is 0.958. The Balaban J connectivity index is 0.00000240. The molecule has 4 fully saturated rings. The van der Waals surface area contributed by atoms with Gasteiger partial charge < -0.3 is 20.1 Å². The molecule has 29 heavy (non-hydrogen) atoms. The summed E-state index contributed by atoms with van der Waals surface area (Å²) >= 11 is 0. The van der Waals surface area contributed by atoms with E-state index in [0.29, 0.717) is 29.6 Å². The van der Waals surface area contributed by atoms with Gasteiger partial charge in [-0.1, -0.05) is 20.8 Å². The molecule has 0 heterocycles. The Morgan fingerprint density at radius 3 is 2.34 bits per heavy atom. The Labute approximate surface area is 219 Å². The molecule has 160 valence electrons. The molecule has 0 amide bonds. The maximum atomic E-state index is 11.1. The number of rotatable bonds is 4. The van der Waals surface area contributed by atoms with Gasteiger partial charge in [0.25, 0.3) is 0 Å². The summed E-state index contributed by atoms with van der Waals surface area (Å²) in [5.74, 6) is 2.25. The minimum absolute atomic E-state index is 0. The number of aliphatic hydroxyl groups excluding tert-OH is 2. The molecule has 1 unspecified atom stereocenters. The van der Waals surface area contributed by atoms with Crippen LogP contribution in [0.5, 0.6) is 0 Å². The third kappa shape index (κ3) is 4.20. The molecule has 0 aromatic rings. The number of fused-ring (bicyclic) bond motifs is 5. The summed E-state index contributed by atoms with van der Waals surface area (Å²) in [5, 5.41) is 32.2. The number of carboxylic acid groups (broad SMARTS) is 1. The third-order valence-corrected chi connectivity index (χ3v) is 10.2. The fourth-order valence-electron chi connectivity index (χ4n) is 8.80. The molecular weight excluding hydrogens is 391 g/mol. The van der Waals surface area contributed by atoms with Gasteiger partial charge in [-0.05, 0) is 111 Å². The molecule has 4 rings (SSSR count). The standard InChI is InChI=1S/C24H40O4.K/c1-14(4-7-22(27)28)17-5-6-18-16-13-21(26)20-12-15(25)8-10-24(20,3)19(16)9-11-23(17,18)2;/h14-21,25-26H,4-13H2,1-3H3,(H,27,28);/q;+1/p-1/t14-,15-,16+,17-,18+,19+,20?,21+,23-,24-;/m1./s1. The van der Waals surface area contributed by atoms with Gasteiger partial charge in [-0.25, -0.2) is 0 Å². The Kier molecular flexibility index (Phi) is 7.75. The Bertz CT molecular complexity index is 612. The molecule has 10 atom stereocenters. The minimum Gasteiger partial charge on any atom is -0.550 e. The first-order chi connectivity index (χ1) is 13.2. The normalized spacial score (nSPS) is 49.9. The monoisotopic (exact) mass is 430 g/mol. The Morgan fingerprint density at radius 2 is 1.66 bits per heavy atom. The SMILES string of the molecule is C[C@H](CCC(=O)[O-])[C@H]1CC[C@H]2[C@@H]3C[C@H](O)C4C[C@H](O)CC[C@]4(C)[C@H]3CC[C@]12C.[K+]. The van der Waals surface area contributed by atoms with Crippen molar-refractivity contribution in [2.45, 2.75) is 97.2 Å². The largest absolute Gasteiger partial charge is 1.00 e. The molecular formula is C24H39KO4. The first-order valence-electron chi connectivity index (χ1n) is 11.7. The van der Waals surface area contributed by atoms with Crippen molar-refractivity contribution in [3.8, 4) is 0 Å².